The summed E-state index contributed by atoms with van der Waals surface area (Å²) in [7, 11) is 0. The van der Waals surface area contributed by atoms with Gasteiger partial charge in [0.2, 0.25) is 0 Å². The monoisotopic (exact) mass is 176 g/mol. The second-order valence-electron chi connectivity index (χ2n) is 3.20. The minimum Gasteiger partial charge on any atom is -0.166 e. The molecule has 68 valence electrons. The summed E-state index contributed by atoms with van der Waals surface area (Å²) in [6.07, 6.45) is -0.670. The molecule has 0 N–H and O–H groups in total. The highest BCUT2D eigenvalue weighted by Gasteiger charge is 2.36. The summed E-state index contributed by atoms with van der Waals surface area (Å²) in [6.45, 7) is 3.29. The van der Waals surface area contributed by atoms with E-state index in [2.05, 4.69) is 0 Å². The predicted octanol–water partition coefficient (Wildman–Crippen LogP) is 3.46. The molecule has 0 aromatic heterocycles. The van der Waals surface area contributed by atoms with Gasteiger partial charge < -0.3 is 0 Å². The molecular formula is C9H11F3. The van der Waals surface area contributed by atoms with Crippen LogP contribution in [-0.2, 0) is 0 Å². The Labute approximate surface area is 69.8 Å². The molecule has 12 heavy (non-hydrogen) atoms. The molecule has 1 rings (SSSR count). The SMILES string of the molecule is CC1=C(C(F)(F)F)CC(C)C=C1. The van der Waals surface area contributed by atoms with Crippen LogP contribution >= 0.6 is 0 Å². The molecule has 1 aliphatic rings. The van der Waals surface area contributed by atoms with Gasteiger partial charge in [-0.3, -0.25) is 0 Å². The van der Waals surface area contributed by atoms with Crippen molar-refractivity contribution in [2.75, 3.05) is 0 Å². The van der Waals surface area contributed by atoms with Crippen LogP contribution < -0.4 is 0 Å². The molecule has 0 bridgehead atoms. The molecule has 0 heterocycles. The maximum atomic E-state index is 12.3. The van der Waals surface area contributed by atoms with Gasteiger partial charge in [-0.05, 0) is 24.8 Å². The van der Waals surface area contributed by atoms with E-state index in [0.29, 0.717) is 5.57 Å². The maximum absolute atomic E-state index is 12.3. The van der Waals surface area contributed by atoms with E-state index in [1.54, 1.807) is 13.0 Å². The van der Waals surface area contributed by atoms with E-state index in [9.17, 15) is 13.2 Å². The molecule has 0 fully saturated rings. The van der Waals surface area contributed by atoms with Gasteiger partial charge in [-0.15, -0.1) is 0 Å². The third kappa shape index (κ3) is 1.90. The number of hydrogen-bond acceptors (Lipinski definition) is 0. The van der Waals surface area contributed by atoms with E-state index >= 15 is 0 Å². The Morgan fingerprint density at radius 2 is 2.00 bits per heavy atom. The first kappa shape index (κ1) is 9.36. The fraction of sp³-hybridized carbons (Fsp3) is 0.556. The zero-order valence-electron chi connectivity index (χ0n) is 7.07. The van der Waals surface area contributed by atoms with Crippen molar-refractivity contribution in [1.82, 2.24) is 0 Å². The molecule has 0 amide bonds. The van der Waals surface area contributed by atoms with Crippen molar-refractivity contribution < 1.29 is 13.2 Å². The Morgan fingerprint density at radius 1 is 1.42 bits per heavy atom. The normalized spacial score (nSPS) is 24.9. The molecule has 0 saturated heterocycles. The van der Waals surface area contributed by atoms with Crippen molar-refractivity contribution >= 4 is 0 Å². The minimum absolute atomic E-state index is 0.00493. The average molecular weight is 176 g/mol. The molecule has 0 aromatic carbocycles. The lowest BCUT2D eigenvalue weighted by Gasteiger charge is -2.20. The fourth-order valence-electron chi connectivity index (χ4n) is 1.30. The predicted molar refractivity (Wildman–Crippen MR) is 41.7 cm³/mol. The van der Waals surface area contributed by atoms with Crippen LogP contribution in [0, 0.1) is 5.92 Å². The van der Waals surface area contributed by atoms with Crippen molar-refractivity contribution in [1.29, 1.82) is 0 Å². The molecule has 0 saturated carbocycles. The smallest absolute Gasteiger partial charge is 0.166 e. The van der Waals surface area contributed by atoms with Gasteiger partial charge in [0.25, 0.3) is 0 Å². The summed E-state index contributed by atoms with van der Waals surface area (Å²) in [6, 6.07) is 0. The second kappa shape index (κ2) is 2.96. The van der Waals surface area contributed by atoms with Crippen molar-refractivity contribution in [3.8, 4) is 0 Å². The first-order chi connectivity index (χ1) is 5.41. The van der Waals surface area contributed by atoms with Crippen molar-refractivity contribution in [3.63, 3.8) is 0 Å². The Balaban J connectivity index is 2.94. The van der Waals surface area contributed by atoms with Crippen LogP contribution in [0.3, 0.4) is 0 Å². The molecule has 1 aliphatic carbocycles. The molecule has 0 nitrogen and oxygen atoms in total. The Morgan fingerprint density at radius 3 is 2.42 bits per heavy atom. The standard InChI is InChI=1S/C9H11F3/c1-6-3-4-7(2)8(5-6)9(10,11)12/h3-4,6H,5H2,1-2H3. The maximum Gasteiger partial charge on any atom is 0.412 e. The molecule has 0 aliphatic heterocycles. The van der Waals surface area contributed by atoms with E-state index in [4.69, 9.17) is 0 Å². The lowest BCUT2D eigenvalue weighted by molar-refractivity contribution is -0.0956. The number of allylic oxidation sites excluding steroid dienone is 4. The molecular weight excluding hydrogens is 165 g/mol. The van der Waals surface area contributed by atoms with Crippen LogP contribution in [0.5, 0.6) is 0 Å². The van der Waals surface area contributed by atoms with Gasteiger partial charge >= 0.3 is 6.18 Å². The highest BCUT2D eigenvalue weighted by molar-refractivity contribution is 5.31. The third-order valence-corrected chi connectivity index (χ3v) is 2.02. The van der Waals surface area contributed by atoms with E-state index in [-0.39, 0.29) is 17.9 Å². The van der Waals surface area contributed by atoms with Gasteiger partial charge in [0, 0.05) is 5.57 Å². The largest absolute Gasteiger partial charge is 0.412 e. The van der Waals surface area contributed by atoms with Crippen LogP contribution in [0.2, 0.25) is 0 Å². The van der Waals surface area contributed by atoms with Crippen LogP contribution in [0.15, 0.2) is 23.3 Å². The zero-order valence-corrected chi connectivity index (χ0v) is 7.07. The Bertz CT molecular complexity index is 233. The topological polar surface area (TPSA) is 0 Å². The summed E-state index contributed by atoms with van der Waals surface area (Å²) >= 11 is 0. The zero-order chi connectivity index (χ0) is 9.35. The van der Waals surface area contributed by atoms with E-state index in [0.717, 1.165) is 0 Å². The lowest BCUT2D eigenvalue weighted by Crippen LogP contribution is -2.17. The van der Waals surface area contributed by atoms with Gasteiger partial charge in [0.05, 0.1) is 0 Å². The highest BCUT2D eigenvalue weighted by atomic mass is 19.4. The number of halogens is 3. The lowest BCUT2D eigenvalue weighted by atomic mass is 9.91. The number of hydrogen-bond donors (Lipinski definition) is 0. The Hall–Kier alpha value is -0.730. The van der Waals surface area contributed by atoms with Crippen LogP contribution in [0.25, 0.3) is 0 Å². The van der Waals surface area contributed by atoms with Gasteiger partial charge in [0.1, 0.15) is 0 Å². The summed E-state index contributed by atoms with van der Waals surface area (Å²) in [5, 5.41) is 0. The highest BCUT2D eigenvalue weighted by Crippen LogP contribution is 2.36. The van der Waals surface area contributed by atoms with Crippen molar-refractivity contribution in [2.45, 2.75) is 26.4 Å². The van der Waals surface area contributed by atoms with Crippen LogP contribution in [-0.4, -0.2) is 6.18 Å². The molecule has 1 atom stereocenters. The fourth-order valence-corrected chi connectivity index (χ4v) is 1.30. The molecule has 0 spiro atoms. The van der Waals surface area contributed by atoms with Gasteiger partial charge in [-0.25, -0.2) is 0 Å². The van der Waals surface area contributed by atoms with Gasteiger partial charge in [-0.1, -0.05) is 19.1 Å². The molecule has 3 heteroatoms. The molecule has 0 aromatic rings. The van der Waals surface area contributed by atoms with Gasteiger partial charge in [0.15, 0.2) is 0 Å². The first-order valence-electron chi connectivity index (χ1n) is 3.86. The summed E-state index contributed by atoms with van der Waals surface area (Å²) in [4.78, 5) is 0. The summed E-state index contributed by atoms with van der Waals surface area (Å²) in [5.41, 5.74) is -0.0295. The van der Waals surface area contributed by atoms with E-state index in [1.807, 2.05) is 6.08 Å². The van der Waals surface area contributed by atoms with Crippen LogP contribution in [0.1, 0.15) is 20.3 Å². The first-order valence-corrected chi connectivity index (χ1v) is 3.86. The third-order valence-electron chi connectivity index (χ3n) is 2.02. The summed E-state index contributed by atoms with van der Waals surface area (Å²) in [5.74, 6) is 0.00493. The van der Waals surface area contributed by atoms with E-state index < -0.39 is 6.18 Å². The number of rotatable bonds is 0. The van der Waals surface area contributed by atoms with E-state index in [1.165, 1.54) is 6.92 Å². The summed E-state index contributed by atoms with van der Waals surface area (Å²) < 4.78 is 36.8. The van der Waals surface area contributed by atoms with Crippen molar-refractivity contribution in [2.24, 2.45) is 5.92 Å². The van der Waals surface area contributed by atoms with Crippen molar-refractivity contribution in [3.05, 3.63) is 23.3 Å². The molecule has 0 radical (unpaired) electrons. The van der Waals surface area contributed by atoms with Gasteiger partial charge in [-0.2, -0.15) is 13.2 Å². The Kier molecular flexibility index (Phi) is 2.31. The minimum atomic E-state index is -4.15. The number of alkyl halides is 3. The second-order valence-corrected chi connectivity index (χ2v) is 3.20. The quantitative estimate of drug-likeness (QED) is 0.530. The molecule has 1 unspecified atom stereocenters. The average Bonchev–Trinajstić information content (AvgIpc) is 1.92. The van der Waals surface area contributed by atoms with Crippen LogP contribution in [0.4, 0.5) is 13.2 Å².